The van der Waals surface area contributed by atoms with Gasteiger partial charge in [0.2, 0.25) is 0 Å². The molecule has 0 aliphatic heterocycles. The summed E-state index contributed by atoms with van der Waals surface area (Å²) < 4.78 is 18.6. The SMILES string of the molecule is CC(C)(C)OC(=O)N[C@@H](CO)C(=O)O.CC(C)(C)OC(=O)OC(=O)OC(C)(C)C.N[C@@H](CO)C(=O)O. The van der Waals surface area contributed by atoms with Crippen molar-refractivity contribution in [2.45, 2.75) is 91.2 Å². The van der Waals surface area contributed by atoms with Gasteiger partial charge in [0.25, 0.3) is 0 Å². The quantitative estimate of drug-likeness (QED) is 0.167. The van der Waals surface area contributed by atoms with Gasteiger partial charge in [-0.2, -0.15) is 0 Å². The summed E-state index contributed by atoms with van der Waals surface area (Å²) in [6.45, 7) is 13.8. The molecule has 212 valence electrons. The highest BCUT2D eigenvalue weighted by Crippen LogP contribution is 2.11. The molecule has 0 heterocycles. The monoisotopic (exact) mass is 528 g/mol. The van der Waals surface area contributed by atoms with E-state index in [0.29, 0.717) is 0 Å². The Bertz CT molecular complexity index is 693. The number of nitrogens with one attached hydrogen (secondary N) is 1. The highest BCUT2D eigenvalue weighted by molar-refractivity contribution is 5.80. The molecule has 0 rings (SSSR count). The largest absolute Gasteiger partial charge is 0.519 e. The lowest BCUT2D eigenvalue weighted by atomic mass is 10.2. The van der Waals surface area contributed by atoms with E-state index in [0.717, 1.165) is 0 Å². The summed E-state index contributed by atoms with van der Waals surface area (Å²) in [6, 6.07) is -2.45. The van der Waals surface area contributed by atoms with Crippen molar-refractivity contribution < 1.29 is 63.3 Å². The molecule has 1 amide bonds. The number of hydrogen-bond acceptors (Lipinski definition) is 12. The number of rotatable bonds is 5. The third-order valence-electron chi connectivity index (χ3n) is 2.63. The van der Waals surface area contributed by atoms with E-state index < -0.39 is 72.4 Å². The predicted octanol–water partition coefficient (Wildman–Crippen LogP) is 1.22. The van der Waals surface area contributed by atoms with E-state index in [2.05, 4.69) is 4.74 Å². The maximum absolute atomic E-state index is 11.0. The van der Waals surface area contributed by atoms with Crippen LogP contribution in [0.4, 0.5) is 14.4 Å². The number of aliphatic carboxylic acids is 2. The van der Waals surface area contributed by atoms with Crippen molar-refractivity contribution >= 4 is 30.3 Å². The molecule has 0 aromatic carbocycles. The third-order valence-corrected chi connectivity index (χ3v) is 2.63. The Balaban J connectivity index is -0.000000483. The zero-order valence-electron chi connectivity index (χ0n) is 22.1. The first kappa shape index (κ1) is 37.4. The van der Waals surface area contributed by atoms with E-state index >= 15 is 0 Å². The number of carboxylic acids is 2. The molecule has 0 radical (unpaired) electrons. The average molecular weight is 529 g/mol. The van der Waals surface area contributed by atoms with Crippen LogP contribution in [0.3, 0.4) is 0 Å². The van der Waals surface area contributed by atoms with Crippen molar-refractivity contribution in [2.75, 3.05) is 13.2 Å². The standard InChI is InChI=1S/C10H18O5.C8H15NO5.C3H7NO3/c1-9(2,3)14-7(11)13-8(12)15-10(4,5)6;1-8(2,3)14-7(13)9-5(4-10)6(11)12;4-2(1-5)3(6)7/h1-6H3;5,10H,4H2,1-3H3,(H,9,13)(H,11,12);2,5H,1,4H2,(H,6,7)/t;5-;2-/m.00/s1. The fraction of sp³-hybridized carbons (Fsp3) is 0.762. The van der Waals surface area contributed by atoms with Gasteiger partial charge < -0.3 is 50.4 Å². The number of nitrogens with two attached hydrogens (primary N) is 1. The van der Waals surface area contributed by atoms with Crippen molar-refractivity contribution in [1.29, 1.82) is 0 Å². The van der Waals surface area contributed by atoms with Gasteiger partial charge in [0, 0.05) is 0 Å². The topological polar surface area (TPSA) is 241 Å². The van der Waals surface area contributed by atoms with E-state index in [-0.39, 0.29) is 0 Å². The van der Waals surface area contributed by atoms with Crippen LogP contribution < -0.4 is 11.1 Å². The highest BCUT2D eigenvalue weighted by atomic mass is 16.8. The van der Waals surface area contributed by atoms with Crippen molar-refractivity contribution in [3.05, 3.63) is 0 Å². The summed E-state index contributed by atoms with van der Waals surface area (Å²) in [6.07, 6.45) is -2.98. The van der Waals surface area contributed by atoms with Crippen molar-refractivity contribution in [1.82, 2.24) is 5.32 Å². The Labute approximate surface area is 209 Å². The second-order valence-electron chi connectivity index (χ2n) is 9.88. The van der Waals surface area contributed by atoms with Gasteiger partial charge in [0.1, 0.15) is 22.8 Å². The van der Waals surface area contributed by atoms with Gasteiger partial charge in [-0.25, -0.2) is 19.2 Å². The summed E-state index contributed by atoms with van der Waals surface area (Å²) in [5.74, 6) is -2.49. The molecule has 7 N–H and O–H groups in total. The molecule has 0 aliphatic rings. The fourth-order valence-electron chi connectivity index (χ4n) is 1.32. The maximum Gasteiger partial charge on any atom is 0.519 e. The van der Waals surface area contributed by atoms with Gasteiger partial charge in [0.15, 0.2) is 6.04 Å². The van der Waals surface area contributed by atoms with Gasteiger partial charge in [0.05, 0.1) is 13.2 Å². The molecule has 36 heavy (non-hydrogen) atoms. The van der Waals surface area contributed by atoms with E-state index in [9.17, 15) is 24.0 Å². The van der Waals surface area contributed by atoms with Crippen LogP contribution >= 0.6 is 0 Å². The Morgan fingerprint density at radius 1 is 0.694 bits per heavy atom. The van der Waals surface area contributed by atoms with Gasteiger partial charge >= 0.3 is 30.3 Å². The first-order valence-corrected chi connectivity index (χ1v) is 10.5. The molecule has 0 aliphatic carbocycles. The van der Waals surface area contributed by atoms with Gasteiger partial charge in [-0.15, -0.1) is 0 Å². The zero-order chi connectivity index (χ0) is 29.5. The van der Waals surface area contributed by atoms with Crippen molar-refractivity contribution in [3.63, 3.8) is 0 Å². The van der Waals surface area contributed by atoms with Crippen LogP contribution in [0, 0.1) is 0 Å². The number of ether oxygens (including phenoxy) is 4. The molecular weight excluding hydrogens is 488 g/mol. The van der Waals surface area contributed by atoms with Crippen LogP contribution in [-0.2, 0) is 28.5 Å². The molecule has 0 fully saturated rings. The Morgan fingerprint density at radius 2 is 1.06 bits per heavy atom. The molecular formula is C21H40N2O13. The minimum atomic E-state index is -1.33. The number of alkyl carbamates (subject to hydrolysis) is 1. The number of amides is 1. The number of carbonyl (C=O) groups excluding carboxylic acids is 3. The Morgan fingerprint density at radius 3 is 1.25 bits per heavy atom. The van der Waals surface area contributed by atoms with E-state index in [1.165, 1.54) is 0 Å². The van der Waals surface area contributed by atoms with Crippen LogP contribution in [0.5, 0.6) is 0 Å². The minimum absolute atomic E-state index is 0.505. The molecule has 2 atom stereocenters. The van der Waals surface area contributed by atoms with Crippen molar-refractivity contribution in [3.8, 4) is 0 Å². The zero-order valence-corrected chi connectivity index (χ0v) is 22.1. The lowest BCUT2D eigenvalue weighted by molar-refractivity contribution is -0.141. The molecule has 0 aromatic heterocycles. The first-order chi connectivity index (χ1) is 15.9. The number of carbonyl (C=O) groups is 5. The van der Waals surface area contributed by atoms with Gasteiger partial charge in [-0.05, 0) is 62.3 Å². The van der Waals surface area contributed by atoms with Crippen LogP contribution in [-0.4, -0.2) is 92.9 Å². The van der Waals surface area contributed by atoms with Crippen LogP contribution in [0.25, 0.3) is 0 Å². The van der Waals surface area contributed by atoms with Gasteiger partial charge in [-0.3, -0.25) is 4.79 Å². The molecule has 15 heteroatoms. The summed E-state index contributed by atoms with van der Waals surface area (Å²) >= 11 is 0. The first-order valence-electron chi connectivity index (χ1n) is 10.5. The number of hydrogen-bond donors (Lipinski definition) is 6. The number of carboxylic acid groups (broad SMARTS) is 2. The molecule has 15 nitrogen and oxygen atoms in total. The van der Waals surface area contributed by atoms with Gasteiger partial charge in [-0.1, -0.05) is 0 Å². The molecule has 0 spiro atoms. The summed E-state index contributed by atoms with van der Waals surface area (Å²) in [5.41, 5.74) is 2.68. The molecule has 0 aromatic rings. The van der Waals surface area contributed by atoms with Crippen LogP contribution in [0.15, 0.2) is 0 Å². The number of aliphatic hydroxyl groups is 2. The van der Waals surface area contributed by atoms with Crippen LogP contribution in [0.2, 0.25) is 0 Å². The maximum atomic E-state index is 11.0. The lowest BCUT2D eigenvalue weighted by Crippen LogP contribution is -2.45. The third kappa shape index (κ3) is 27.1. The van der Waals surface area contributed by atoms with Crippen molar-refractivity contribution in [2.24, 2.45) is 5.73 Å². The van der Waals surface area contributed by atoms with Crippen LogP contribution in [0.1, 0.15) is 62.3 Å². The summed E-state index contributed by atoms with van der Waals surface area (Å²) in [4.78, 5) is 53.1. The minimum Gasteiger partial charge on any atom is -0.480 e. The Kier molecular flexibility index (Phi) is 17.1. The highest BCUT2D eigenvalue weighted by Gasteiger charge is 2.24. The summed E-state index contributed by atoms with van der Waals surface area (Å²) in [7, 11) is 0. The normalized spacial score (nSPS) is 12.7. The molecule has 0 saturated carbocycles. The lowest BCUT2D eigenvalue weighted by Gasteiger charge is -2.21. The fourth-order valence-corrected chi connectivity index (χ4v) is 1.32. The van der Waals surface area contributed by atoms with E-state index in [1.54, 1.807) is 62.3 Å². The second-order valence-corrected chi connectivity index (χ2v) is 9.88. The number of aliphatic hydroxyl groups excluding tert-OH is 2. The molecule has 0 saturated heterocycles. The second kappa shape index (κ2) is 16.5. The van der Waals surface area contributed by atoms with E-state index in [1.807, 2.05) is 5.32 Å². The molecule has 0 unspecified atom stereocenters. The molecule has 0 bridgehead atoms. The smallest absolute Gasteiger partial charge is 0.480 e. The predicted molar refractivity (Wildman–Crippen MR) is 124 cm³/mol. The summed E-state index contributed by atoms with van der Waals surface area (Å²) in [5, 5.41) is 35.0. The Hall–Kier alpha value is -3.17. The van der Waals surface area contributed by atoms with E-state index in [4.69, 9.17) is 40.4 Å². The average Bonchev–Trinajstić information content (AvgIpc) is 2.61.